The third-order valence-corrected chi connectivity index (χ3v) is 0. The molecular weight excluding hydrogens is 472 g/mol. The molecule has 0 N–H and O–H groups in total. The number of hydrogen-bond acceptors (Lipinski definition) is 9. The summed E-state index contributed by atoms with van der Waals surface area (Å²) in [7, 11) is 0. The zero-order valence-electron chi connectivity index (χ0n) is 5.27. The summed E-state index contributed by atoms with van der Waals surface area (Å²) in [6.07, 6.45) is 0. The topological polar surface area (TPSA) is 172 Å². The molecule has 0 aliphatic heterocycles. The molecule has 0 aliphatic carbocycles. The van der Waals surface area contributed by atoms with Gasteiger partial charge in [0.15, 0.2) is 0 Å². The minimum absolute atomic E-state index is 0. The van der Waals surface area contributed by atoms with Gasteiger partial charge in [0, 0.05) is 0 Å². The van der Waals surface area contributed by atoms with Gasteiger partial charge in [-0.2, -0.15) is 0 Å². The molecule has 0 spiro atoms. The maximum atomic E-state index is 8.56. The fourth-order valence-electron chi connectivity index (χ4n) is 0. The minimum atomic E-state index is -3.94. The second kappa shape index (κ2) is 19.3. The van der Waals surface area contributed by atoms with E-state index in [0.29, 0.717) is 0 Å². The van der Waals surface area contributed by atoms with Gasteiger partial charge in [0.2, 0.25) is 0 Å². The van der Waals surface area contributed by atoms with Crippen molar-refractivity contribution in [2.75, 3.05) is 0 Å². The Morgan fingerprint density at radius 3 is 0.538 bits per heavy atom. The molecule has 0 amide bonds. The average Bonchev–Trinajstić information content (AvgIpc) is 1.54. The Labute approximate surface area is 115 Å². The van der Waals surface area contributed by atoms with Crippen molar-refractivity contribution in [1.82, 2.24) is 0 Å². The molecule has 0 rings (SSSR count). The molecule has 0 aromatic rings. The van der Waals surface area contributed by atoms with Crippen molar-refractivity contribution in [2.45, 2.75) is 0 Å². The van der Waals surface area contributed by atoms with Crippen molar-refractivity contribution in [2.24, 2.45) is 0 Å². The Kier molecular flexibility index (Phi) is 35.7. The van der Waals surface area contributed by atoms with Gasteiger partial charge < -0.3 is 0 Å². The normalized spacial score (nSPS) is 5.77. The standard InChI is InChI=1S/Lu.9O.3V/q+3;;;;;;;3*-1;;;. The molecule has 0 radical (unpaired) electrons. The van der Waals surface area contributed by atoms with E-state index in [-0.39, 0.29) is 36.9 Å². The van der Waals surface area contributed by atoms with Crippen LogP contribution >= 0.6 is 0 Å². The van der Waals surface area contributed by atoms with Gasteiger partial charge in [-0.05, 0) is 0 Å². The van der Waals surface area contributed by atoms with E-state index in [1.165, 1.54) is 0 Å². The molecule has 84 valence electrons. The summed E-state index contributed by atoms with van der Waals surface area (Å²) < 4.78 is 77.1. The van der Waals surface area contributed by atoms with Crippen LogP contribution in [-0.2, 0) is 68.2 Å². The SMILES string of the molecule is [Lu+3].[O]=[V](=[O])[O-].[O]=[V](=[O])[O-].[O]=[V](=[O])[O-]. The van der Waals surface area contributed by atoms with Gasteiger partial charge in [0.25, 0.3) is 0 Å². The van der Waals surface area contributed by atoms with Crippen LogP contribution in [0.4, 0.5) is 0 Å². The average molecular weight is 472 g/mol. The van der Waals surface area contributed by atoms with Crippen LogP contribution in [0, 0.1) is 36.9 Å². The summed E-state index contributed by atoms with van der Waals surface area (Å²) in [6.45, 7) is 0. The Morgan fingerprint density at radius 2 is 0.538 bits per heavy atom. The van der Waals surface area contributed by atoms with Crippen molar-refractivity contribution in [3.63, 3.8) is 0 Å². The van der Waals surface area contributed by atoms with Crippen LogP contribution in [0.5, 0.6) is 0 Å². The van der Waals surface area contributed by atoms with Gasteiger partial charge >= 0.3 is 117 Å². The third-order valence-electron chi connectivity index (χ3n) is 0. The molecule has 0 heterocycles. The second-order valence-electron chi connectivity index (χ2n) is 0.671. The molecule has 0 saturated heterocycles. The summed E-state index contributed by atoms with van der Waals surface area (Å²) in [5.41, 5.74) is 0. The van der Waals surface area contributed by atoms with Crippen LogP contribution < -0.4 is 12.1 Å². The van der Waals surface area contributed by atoms with E-state index in [0.717, 1.165) is 0 Å². The van der Waals surface area contributed by atoms with Crippen LogP contribution in [-0.4, -0.2) is 0 Å². The van der Waals surface area contributed by atoms with Gasteiger partial charge in [-0.15, -0.1) is 0 Å². The van der Waals surface area contributed by atoms with Gasteiger partial charge in [-0.3, -0.25) is 0 Å². The Bertz CT molecular complexity index is 208. The summed E-state index contributed by atoms with van der Waals surface area (Å²) in [5.74, 6) is 0. The molecule has 0 saturated carbocycles. The first-order valence-electron chi connectivity index (χ1n) is 1.64. The maximum absolute atomic E-state index is 8.56. The van der Waals surface area contributed by atoms with E-state index in [9.17, 15) is 0 Å². The van der Waals surface area contributed by atoms with Crippen molar-refractivity contribution >= 4 is 0 Å². The van der Waals surface area contributed by atoms with Gasteiger partial charge in [-0.25, -0.2) is 0 Å². The van der Waals surface area contributed by atoms with E-state index >= 15 is 0 Å². The van der Waals surface area contributed by atoms with Gasteiger partial charge in [-0.1, -0.05) is 0 Å². The van der Waals surface area contributed by atoms with Crippen LogP contribution in [0.2, 0.25) is 0 Å². The Hall–Kier alpha value is 1.67. The molecule has 0 fully saturated rings. The van der Waals surface area contributed by atoms with E-state index in [2.05, 4.69) is 0 Å². The Balaban J connectivity index is -0.0000000450. The van der Waals surface area contributed by atoms with E-state index in [4.69, 9.17) is 34.1 Å². The molecule has 9 nitrogen and oxygen atoms in total. The van der Waals surface area contributed by atoms with Crippen molar-refractivity contribution in [3.05, 3.63) is 0 Å². The van der Waals surface area contributed by atoms with Crippen molar-refractivity contribution < 1.29 is 117 Å². The first-order valence-corrected chi connectivity index (χ1v) is 6.77. The Morgan fingerprint density at radius 1 is 0.538 bits per heavy atom. The summed E-state index contributed by atoms with van der Waals surface area (Å²) >= 11 is -11.8. The fraction of sp³-hybridized carbons (Fsp3) is 0. The third kappa shape index (κ3) is 669. The monoisotopic (exact) mass is 472 g/mol. The molecule has 0 aliphatic rings. The molecule has 0 atom stereocenters. The zero-order chi connectivity index (χ0) is 10.7. The van der Waals surface area contributed by atoms with Crippen LogP contribution in [0.25, 0.3) is 0 Å². The molecule has 0 aromatic carbocycles. The van der Waals surface area contributed by atoms with E-state index in [1.54, 1.807) is 0 Å². The second-order valence-corrected chi connectivity index (χ2v) is 2.77. The zero-order valence-corrected chi connectivity index (χ0v) is 11.1. The predicted octanol–water partition coefficient (Wildman–Crippen LogP) is -4.29. The molecular formula is LuO9V3. The van der Waals surface area contributed by atoms with Crippen LogP contribution in [0.3, 0.4) is 0 Å². The van der Waals surface area contributed by atoms with Crippen molar-refractivity contribution in [1.29, 1.82) is 0 Å². The summed E-state index contributed by atoms with van der Waals surface area (Å²) in [6, 6.07) is 0. The molecule has 13 heteroatoms. The number of hydrogen-bond donors (Lipinski definition) is 0. The van der Waals surface area contributed by atoms with Crippen LogP contribution in [0.15, 0.2) is 0 Å². The van der Waals surface area contributed by atoms with E-state index in [1.807, 2.05) is 0 Å². The molecule has 13 heavy (non-hydrogen) atoms. The first-order chi connectivity index (χ1) is 5.20. The number of rotatable bonds is 0. The first kappa shape index (κ1) is 24.1. The van der Waals surface area contributed by atoms with Crippen molar-refractivity contribution in [3.8, 4) is 0 Å². The van der Waals surface area contributed by atoms with Gasteiger partial charge in [0.05, 0.1) is 0 Å². The van der Waals surface area contributed by atoms with Gasteiger partial charge in [0.1, 0.15) is 0 Å². The predicted molar refractivity (Wildman–Crippen MR) is 4.12 cm³/mol. The summed E-state index contributed by atoms with van der Waals surface area (Å²) in [5, 5.41) is 0. The fourth-order valence-corrected chi connectivity index (χ4v) is 0. The molecule has 0 bridgehead atoms. The van der Waals surface area contributed by atoms with E-state index < -0.39 is 46.2 Å². The molecule has 0 aromatic heterocycles. The summed E-state index contributed by atoms with van der Waals surface area (Å²) in [4.78, 5) is 0. The quantitative estimate of drug-likeness (QED) is 0.339. The van der Waals surface area contributed by atoms with Crippen LogP contribution in [0.1, 0.15) is 0 Å². The molecule has 0 unspecified atom stereocenters.